The zero-order valence-electron chi connectivity index (χ0n) is 17.7. The number of benzene rings is 1. The van der Waals surface area contributed by atoms with E-state index in [0.717, 1.165) is 0 Å². The minimum absolute atomic E-state index is 0.0677. The summed E-state index contributed by atoms with van der Waals surface area (Å²) in [7, 11) is 0. The van der Waals surface area contributed by atoms with Crippen molar-refractivity contribution in [3.63, 3.8) is 0 Å². The Morgan fingerprint density at radius 3 is 2.12 bits per heavy atom. The van der Waals surface area contributed by atoms with Gasteiger partial charge in [0.1, 0.15) is 0 Å². The van der Waals surface area contributed by atoms with E-state index in [0.29, 0.717) is 5.92 Å². The van der Waals surface area contributed by atoms with Gasteiger partial charge in [-0.15, -0.1) is 0 Å². The standard InChI is InChI=1S/C26H34/c1-16(2)26(25(7)19(5)17(3)18(4)20(25)6)15-14-22-13-12-21-10-8-9-11-23(21)24(22)26/h12-16H,8-11H2,1-7H3. The van der Waals surface area contributed by atoms with Gasteiger partial charge >= 0.3 is 0 Å². The second-order valence-electron chi connectivity index (χ2n) is 9.36. The van der Waals surface area contributed by atoms with Gasteiger partial charge in [0.05, 0.1) is 0 Å². The number of hydrogen-bond acceptors (Lipinski definition) is 0. The zero-order chi connectivity index (χ0) is 18.9. The summed E-state index contributed by atoms with van der Waals surface area (Å²) in [6.45, 7) is 16.8. The van der Waals surface area contributed by atoms with Crippen molar-refractivity contribution in [1.82, 2.24) is 0 Å². The first-order valence-electron chi connectivity index (χ1n) is 10.5. The molecule has 3 aliphatic carbocycles. The fourth-order valence-corrected chi connectivity index (χ4v) is 6.47. The van der Waals surface area contributed by atoms with Crippen molar-refractivity contribution in [2.75, 3.05) is 0 Å². The Morgan fingerprint density at radius 1 is 0.885 bits per heavy atom. The minimum Gasteiger partial charge on any atom is -0.0719 e. The van der Waals surface area contributed by atoms with Crippen LogP contribution in [-0.4, -0.2) is 0 Å². The summed E-state index contributed by atoms with van der Waals surface area (Å²) in [5.74, 6) is 0.557. The lowest BCUT2D eigenvalue weighted by Crippen LogP contribution is -2.47. The van der Waals surface area contributed by atoms with Gasteiger partial charge in [-0.1, -0.05) is 56.2 Å². The molecular weight excluding hydrogens is 312 g/mol. The quantitative estimate of drug-likeness (QED) is 0.532. The van der Waals surface area contributed by atoms with Gasteiger partial charge in [-0.25, -0.2) is 0 Å². The number of hydrogen-bond donors (Lipinski definition) is 0. The highest BCUT2D eigenvalue weighted by Crippen LogP contribution is 2.64. The molecule has 1 atom stereocenters. The first-order chi connectivity index (χ1) is 12.3. The van der Waals surface area contributed by atoms with Crippen molar-refractivity contribution >= 4 is 6.08 Å². The highest BCUT2D eigenvalue weighted by atomic mass is 14.6. The van der Waals surface area contributed by atoms with Crippen molar-refractivity contribution in [3.8, 4) is 0 Å². The molecule has 1 aromatic rings. The van der Waals surface area contributed by atoms with Gasteiger partial charge < -0.3 is 0 Å². The maximum absolute atomic E-state index is 2.58. The highest BCUT2D eigenvalue weighted by Gasteiger charge is 2.57. The van der Waals surface area contributed by atoms with E-state index in [4.69, 9.17) is 0 Å². The summed E-state index contributed by atoms with van der Waals surface area (Å²) in [5.41, 5.74) is 12.7. The normalized spacial score (nSPS) is 26.8. The molecule has 0 spiro atoms. The van der Waals surface area contributed by atoms with Crippen molar-refractivity contribution in [3.05, 3.63) is 62.8 Å². The molecule has 0 nitrogen and oxygen atoms in total. The molecule has 4 rings (SSSR count). The van der Waals surface area contributed by atoms with Crippen LogP contribution in [0.2, 0.25) is 0 Å². The third-order valence-electron chi connectivity index (χ3n) is 8.43. The average molecular weight is 347 g/mol. The number of fused-ring (bicyclic) bond motifs is 3. The summed E-state index contributed by atoms with van der Waals surface area (Å²) in [6, 6.07) is 4.81. The van der Waals surface area contributed by atoms with Crippen LogP contribution >= 0.6 is 0 Å². The Hall–Kier alpha value is -1.56. The fourth-order valence-electron chi connectivity index (χ4n) is 6.47. The highest BCUT2D eigenvalue weighted by molar-refractivity contribution is 5.73. The second kappa shape index (κ2) is 5.72. The average Bonchev–Trinajstić information content (AvgIpc) is 3.11. The number of aryl methyl sites for hydroxylation is 1. The third-order valence-corrected chi connectivity index (χ3v) is 8.43. The Balaban J connectivity index is 2.07. The minimum atomic E-state index is 0.0677. The van der Waals surface area contributed by atoms with E-state index in [1.54, 1.807) is 27.8 Å². The SMILES string of the molecule is CC1=C(C)C(C)(C2(C(C)C)C=Cc3ccc4c(c32)CCCC4)C(C)=C1C. The third kappa shape index (κ3) is 1.91. The summed E-state index contributed by atoms with van der Waals surface area (Å²) in [4.78, 5) is 0. The van der Waals surface area contributed by atoms with Crippen molar-refractivity contribution in [1.29, 1.82) is 0 Å². The number of allylic oxidation sites excluding steroid dienone is 5. The van der Waals surface area contributed by atoms with E-state index in [-0.39, 0.29) is 10.8 Å². The van der Waals surface area contributed by atoms with Gasteiger partial charge in [-0.3, -0.25) is 0 Å². The molecule has 0 fully saturated rings. The van der Waals surface area contributed by atoms with Crippen LogP contribution in [0, 0.1) is 11.3 Å². The van der Waals surface area contributed by atoms with E-state index in [9.17, 15) is 0 Å². The van der Waals surface area contributed by atoms with E-state index in [2.05, 4.69) is 72.8 Å². The van der Waals surface area contributed by atoms with Crippen LogP contribution in [0.15, 0.2) is 40.5 Å². The molecule has 0 radical (unpaired) electrons. The van der Waals surface area contributed by atoms with Gasteiger partial charge in [0.2, 0.25) is 0 Å². The predicted molar refractivity (Wildman–Crippen MR) is 113 cm³/mol. The lowest BCUT2D eigenvalue weighted by Gasteiger charge is -2.51. The Bertz CT molecular complexity index is 848. The van der Waals surface area contributed by atoms with Crippen LogP contribution < -0.4 is 0 Å². The largest absolute Gasteiger partial charge is 0.0719 e. The van der Waals surface area contributed by atoms with Crippen LogP contribution in [0.5, 0.6) is 0 Å². The molecule has 0 heteroatoms. The Kier molecular flexibility index (Phi) is 3.92. The molecule has 0 bridgehead atoms. The van der Waals surface area contributed by atoms with Crippen LogP contribution in [0.25, 0.3) is 6.08 Å². The fraction of sp³-hybridized carbons (Fsp3) is 0.538. The molecule has 0 saturated heterocycles. The maximum atomic E-state index is 2.58. The molecule has 1 unspecified atom stereocenters. The Labute approximate surface area is 160 Å². The molecule has 26 heavy (non-hydrogen) atoms. The van der Waals surface area contributed by atoms with Crippen LogP contribution in [0.1, 0.15) is 83.6 Å². The zero-order valence-corrected chi connectivity index (χ0v) is 17.7. The molecule has 0 aliphatic heterocycles. The van der Waals surface area contributed by atoms with Crippen molar-refractivity contribution in [2.24, 2.45) is 11.3 Å². The van der Waals surface area contributed by atoms with Crippen molar-refractivity contribution < 1.29 is 0 Å². The lowest BCUT2D eigenvalue weighted by atomic mass is 9.51. The smallest absolute Gasteiger partial charge is 0.0295 e. The first kappa shape index (κ1) is 17.8. The monoisotopic (exact) mass is 346 g/mol. The van der Waals surface area contributed by atoms with E-state index in [1.165, 1.54) is 42.4 Å². The molecular formula is C26H34. The van der Waals surface area contributed by atoms with E-state index >= 15 is 0 Å². The van der Waals surface area contributed by atoms with E-state index < -0.39 is 0 Å². The van der Waals surface area contributed by atoms with Gasteiger partial charge in [0.25, 0.3) is 0 Å². The van der Waals surface area contributed by atoms with Crippen molar-refractivity contribution in [2.45, 2.75) is 79.6 Å². The van der Waals surface area contributed by atoms with Gasteiger partial charge in [0.15, 0.2) is 0 Å². The van der Waals surface area contributed by atoms with Crippen LogP contribution in [-0.2, 0) is 18.3 Å². The molecule has 0 N–H and O–H groups in total. The van der Waals surface area contributed by atoms with Gasteiger partial charge in [-0.05, 0) is 92.7 Å². The molecule has 0 amide bonds. The second-order valence-corrected chi connectivity index (χ2v) is 9.36. The molecule has 138 valence electrons. The van der Waals surface area contributed by atoms with Gasteiger partial charge in [0, 0.05) is 10.8 Å². The molecule has 1 aromatic carbocycles. The van der Waals surface area contributed by atoms with E-state index in [1.807, 2.05) is 0 Å². The predicted octanol–water partition coefficient (Wildman–Crippen LogP) is 7.18. The summed E-state index contributed by atoms with van der Waals surface area (Å²) in [5, 5.41) is 0. The summed E-state index contributed by atoms with van der Waals surface area (Å²) in [6.07, 6.45) is 10.2. The molecule has 0 aromatic heterocycles. The Morgan fingerprint density at radius 2 is 1.50 bits per heavy atom. The summed E-state index contributed by atoms with van der Waals surface area (Å²) < 4.78 is 0. The lowest BCUT2D eigenvalue weighted by molar-refractivity contribution is 0.216. The maximum Gasteiger partial charge on any atom is 0.0295 e. The molecule has 0 saturated carbocycles. The molecule has 3 aliphatic rings. The number of rotatable bonds is 2. The first-order valence-corrected chi connectivity index (χ1v) is 10.5. The topological polar surface area (TPSA) is 0 Å². The summed E-state index contributed by atoms with van der Waals surface area (Å²) >= 11 is 0. The van der Waals surface area contributed by atoms with Crippen LogP contribution in [0.4, 0.5) is 0 Å². The molecule has 0 heterocycles. The van der Waals surface area contributed by atoms with Crippen LogP contribution in [0.3, 0.4) is 0 Å². The van der Waals surface area contributed by atoms with Gasteiger partial charge in [-0.2, -0.15) is 0 Å².